The summed E-state index contributed by atoms with van der Waals surface area (Å²) in [5.74, 6) is -0.0533. The fourth-order valence-corrected chi connectivity index (χ4v) is 2.55. The van der Waals surface area contributed by atoms with Crippen molar-refractivity contribution in [3.8, 4) is 0 Å². The highest BCUT2D eigenvalue weighted by molar-refractivity contribution is 5.93. The van der Waals surface area contributed by atoms with Crippen LogP contribution in [0, 0.1) is 0 Å². The molecular formula is C17H21ClN4O2. The molecule has 1 aliphatic heterocycles. The third-order valence-electron chi connectivity index (χ3n) is 3.84. The van der Waals surface area contributed by atoms with Crippen molar-refractivity contribution < 1.29 is 9.90 Å². The molecule has 3 N–H and O–H groups in total. The van der Waals surface area contributed by atoms with Crippen LogP contribution in [0.15, 0.2) is 48.7 Å². The summed E-state index contributed by atoms with van der Waals surface area (Å²) in [7, 11) is 0. The van der Waals surface area contributed by atoms with Gasteiger partial charge in [-0.05, 0) is 17.7 Å². The van der Waals surface area contributed by atoms with Crippen molar-refractivity contribution in [2.75, 3.05) is 36.4 Å². The highest BCUT2D eigenvalue weighted by atomic mass is 35.5. The van der Waals surface area contributed by atoms with E-state index in [-0.39, 0.29) is 12.4 Å². The molecule has 0 radical (unpaired) electrons. The maximum atomic E-state index is 12.1. The number of piperazine rings is 1. The minimum Gasteiger partial charge on any atom is -0.378 e. The van der Waals surface area contributed by atoms with Crippen molar-refractivity contribution in [2.45, 2.75) is 6.10 Å². The number of benzene rings is 1. The number of carbonyl (C=O) groups is 1. The molecule has 2 aromatic rings. The first-order valence-corrected chi connectivity index (χ1v) is 7.69. The number of amides is 1. The van der Waals surface area contributed by atoms with Gasteiger partial charge in [-0.2, -0.15) is 0 Å². The van der Waals surface area contributed by atoms with E-state index < -0.39 is 12.0 Å². The monoisotopic (exact) mass is 348 g/mol. The molecule has 1 aliphatic rings. The van der Waals surface area contributed by atoms with Crippen molar-refractivity contribution in [3.05, 3.63) is 54.2 Å². The van der Waals surface area contributed by atoms with Gasteiger partial charge in [0, 0.05) is 26.2 Å². The highest BCUT2D eigenvalue weighted by Gasteiger charge is 2.17. The van der Waals surface area contributed by atoms with Gasteiger partial charge in [0.05, 0.1) is 11.9 Å². The zero-order valence-corrected chi connectivity index (χ0v) is 14.0. The van der Waals surface area contributed by atoms with Crippen LogP contribution in [-0.4, -0.2) is 42.2 Å². The normalized spacial score (nSPS) is 15.3. The smallest absolute Gasteiger partial charge is 0.258 e. The maximum absolute atomic E-state index is 12.1. The Balaban J connectivity index is 0.00000208. The summed E-state index contributed by atoms with van der Waals surface area (Å²) in [6.07, 6.45) is 0.543. The van der Waals surface area contributed by atoms with E-state index in [4.69, 9.17) is 0 Å². The second-order valence-electron chi connectivity index (χ2n) is 5.44. The van der Waals surface area contributed by atoms with E-state index in [2.05, 4.69) is 20.5 Å². The number of hydrogen-bond donors (Lipinski definition) is 3. The van der Waals surface area contributed by atoms with Gasteiger partial charge in [0.1, 0.15) is 5.82 Å². The van der Waals surface area contributed by atoms with Crippen molar-refractivity contribution in [3.63, 3.8) is 0 Å². The topological polar surface area (TPSA) is 77.5 Å². The lowest BCUT2D eigenvalue weighted by Crippen LogP contribution is -2.43. The largest absolute Gasteiger partial charge is 0.378 e. The van der Waals surface area contributed by atoms with Crippen LogP contribution in [0.1, 0.15) is 11.7 Å². The Hall–Kier alpha value is -2.15. The molecule has 1 fully saturated rings. The fourth-order valence-electron chi connectivity index (χ4n) is 2.55. The molecule has 7 heteroatoms. The van der Waals surface area contributed by atoms with Crippen molar-refractivity contribution in [1.29, 1.82) is 0 Å². The van der Waals surface area contributed by atoms with E-state index >= 15 is 0 Å². The third-order valence-corrected chi connectivity index (χ3v) is 3.84. The molecule has 0 bridgehead atoms. The van der Waals surface area contributed by atoms with E-state index in [9.17, 15) is 9.90 Å². The highest BCUT2D eigenvalue weighted by Crippen LogP contribution is 2.18. The lowest BCUT2D eigenvalue weighted by Gasteiger charge is -2.29. The number of aromatic nitrogens is 1. The molecule has 2 heterocycles. The number of aliphatic hydroxyl groups excluding tert-OH is 1. The molecule has 0 aliphatic carbocycles. The van der Waals surface area contributed by atoms with Crippen molar-refractivity contribution >= 4 is 29.8 Å². The average Bonchev–Trinajstić information content (AvgIpc) is 2.63. The third kappa shape index (κ3) is 4.44. The van der Waals surface area contributed by atoms with Crippen molar-refractivity contribution in [2.24, 2.45) is 0 Å². The van der Waals surface area contributed by atoms with Gasteiger partial charge in [0.25, 0.3) is 5.91 Å². The maximum Gasteiger partial charge on any atom is 0.258 e. The van der Waals surface area contributed by atoms with Crippen LogP contribution in [0.4, 0.5) is 11.5 Å². The average molecular weight is 349 g/mol. The quantitative estimate of drug-likeness (QED) is 0.782. The first-order valence-electron chi connectivity index (χ1n) is 7.69. The summed E-state index contributed by atoms with van der Waals surface area (Å²) >= 11 is 0. The predicted octanol–water partition coefficient (Wildman–Crippen LogP) is 1.59. The van der Waals surface area contributed by atoms with E-state index in [0.29, 0.717) is 11.4 Å². The number of aliphatic hydroxyl groups is 1. The minimum absolute atomic E-state index is 0. The fraction of sp³-hybridized carbons (Fsp3) is 0.294. The molecule has 1 saturated heterocycles. The summed E-state index contributed by atoms with van der Waals surface area (Å²) in [5.41, 5.74) is 1.59. The van der Waals surface area contributed by atoms with Gasteiger partial charge in [-0.1, -0.05) is 30.3 Å². The Kier molecular flexibility index (Phi) is 6.54. The molecule has 0 saturated carbocycles. The molecule has 1 aromatic heterocycles. The van der Waals surface area contributed by atoms with Gasteiger partial charge in [-0.3, -0.25) is 4.79 Å². The zero-order valence-electron chi connectivity index (χ0n) is 13.2. The van der Waals surface area contributed by atoms with Gasteiger partial charge < -0.3 is 20.6 Å². The van der Waals surface area contributed by atoms with Crippen LogP contribution in [0.2, 0.25) is 0 Å². The van der Waals surface area contributed by atoms with Crippen LogP contribution in [0.25, 0.3) is 0 Å². The first kappa shape index (κ1) is 18.2. The Morgan fingerprint density at radius 2 is 1.88 bits per heavy atom. The number of rotatable bonds is 4. The van der Waals surface area contributed by atoms with Crippen LogP contribution in [-0.2, 0) is 4.79 Å². The minimum atomic E-state index is -1.20. The lowest BCUT2D eigenvalue weighted by atomic mass is 10.1. The summed E-state index contributed by atoms with van der Waals surface area (Å²) in [5, 5.41) is 16.0. The first-order chi connectivity index (χ1) is 11.2. The summed E-state index contributed by atoms with van der Waals surface area (Å²) < 4.78 is 0. The van der Waals surface area contributed by atoms with Crippen LogP contribution < -0.4 is 15.5 Å². The Morgan fingerprint density at radius 1 is 1.17 bits per heavy atom. The molecule has 1 unspecified atom stereocenters. The summed E-state index contributed by atoms with van der Waals surface area (Å²) in [4.78, 5) is 18.6. The number of halogens is 1. The van der Waals surface area contributed by atoms with Gasteiger partial charge >= 0.3 is 0 Å². The van der Waals surface area contributed by atoms with Gasteiger partial charge in [0.2, 0.25) is 0 Å². The van der Waals surface area contributed by atoms with E-state index in [1.54, 1.807) is 36.5 Å². The number of hydrogen-bond acceptors (Lipinski definition) is 5. The molecule has 3 rings (SSSR count). The number of anilines is 2. The van der Waals surface area contributed by atoms with Crippen LogP contribution in [0.3, 0.4) is 0 Å². The number of nitrogens with zero attached hydrogens (tertiary/aromatic N) is 2. The molecule has 6 nitrogen and oxygen atoms in total. The molecule has 1 amide bonds. The SMILES string of the molecule is Cl.O=C(Nc1ccc(N2CCNCC2)cn1)C(O)c1ccccc1. The standard InChI is InChI=1S/C17H20N4O2.ClH/c22-16(13-4-2-1-3-5-13)17(23)20-15-7-6-14(12-19-15)21-10-8-18-9-11-21;/h1-7,12,16,18,22H,8-11H2,(H,19,20,23);1H. The molecule has 1 aromatic carbocycles. The Morgan fingerprint density at radius 3 is 2.50 bits per heavy atom. The van der Waals surface area contributed by atoms with Gasteiger partial charge in [-0.15, -0.1) is 12.4 Å². The van der Waals surface area contributed by atoms with Crippen molar-refractivity contribution in [1.82, 2.24) is 10.3 Å². The summed E-state index contributed by atoms with van der Waals surface area (Å²) in [6, 6.07) is 12.5. The van der Waals surface area contributed by atoms with Gasteiger partial charge in [0.15, 0.2) is 6.10 Å². The Labute approximate surface area is 147 Å². The number of carbonyl (C=O) groups excluding carboxylic acids is 1. The van der Waals surface area contributed by atoms with E-state index in [0.717, 1.165) is 31.9 Å². The van der Waals surface area contributed by atoms with E-state index in [1.807, 2.05) is 12.1 Å². The second-order valence-corrected chi connectivity index (χ2v) is 5.44. The Bertz CT molecular complexity index is 645. The predicted molar refractivity (Wildman–Crippen MR) is 96.6 cm³/mol. The molecule has 1 atom stereocenters. The van der Waals surface area contributed by atoms with Crippen LogP contribution in [0.5, 0.6) is 0 Å². The number of nitrogens with one attached hydrogen (secondary N) is 2. The molecule has 0 spiro atoms. The van der Waals surface area contributed by atoms with E-state index in [1.165, 1.54) is 0 Å². The molecule has 128 valence electrons. The zero-order chi connectivity index (χ0) is 16.1. The second kappa shape index (κ2) is 8.63. The van der Waals surface area contributed by atoms with Crippen LogP contribution >= 0.6 is 12.4 Å². The molecular weight excluding hydrogens is 328 g/mol. The summed E-state index contributed by atoms with van der Waals surface area (Å²) in [6.45, 7) is 3.81. The lowest BCUT2D eigenvalue weighted by molar-refractivity contribution is -0.124. The number of pyridine rings is 1. The van der Waals surface area contributed by atoms with Gasteiger partial charge in [-0.25, -0.2) is 4.98 Å². The molecule has 24 heavy (non-hydrogen) atoms.